The molecule has 2 rings (SSSR count). The van der Waals surface area contributed by atoms with Crippen molar-refractivity contribution in [2.45, 2.75) is 30.4 Å². The summed E-state index contributed by atoms with van der Waals surface area (Å²) in [5.41, 5.74) is 7.02. The van der Waals surface area contributed by atoms with E-state index in [2.05, 4.69) is 35.1 Å². The third kappa shape index (κ3) is 4.22. The number of benzene rings is 1. The van der Waals surface area contributed by atoms with Crippen LogP contribution >= 0.6 is 11.8 Å². The molecular formula is C14H17N3OS. The van der Waals surface area contributed by atoms with Crippen molar-refractivity contribution in [3.63, 3.8) is 0 Å². The highest BCUT2D eigenvalue weighted by Gasteiger charge is 2.05. The minimum atomic E-state index is 0.392. The molecule has 0 aliphatic rings. The molecule has 1 aromatic heterocycles. The van der Waals surface area contributed by atoms with Crippen LogP contribution < -0.4 is 5.73 Å². The van der Waals surface area contributed by atoms with E-state index in [1.165, 1.54) is 5.56 Å². The van der Waals surface area contributed by atoms with Gasteiger partial charge in [-0.1, -0.05) is 29.5 Å². The van der Waals surface area contributed by atoms with Crippen LogP contribution in [0.15, 0.2) is 40.3 Å². The van der Waals surface area contributed by atoms with E-state index in [0.717, 1.165) is 9.92 Å². The van der Waals surface area contributed by atoms with Crippen LogP contribution in [-0.2, 0) is 11.3 Å². The number of nitrogens with zero attached hydrogens (tertiary/aromatic N) is 2. The Morgan fingerprint density at radius 2 is 2.11 bits per heavy atom. The summed E-state index contributed by atoms with van der Waals surface area (Å²) >= 11 is 1.58. The van der Waals surface area contributed by atoms with Gasteiger partial charge in [0.2, 0.25) is 0 Å². The van der Waals surface area contributed by atoms with E-state index in [4.69, 9.17) is 10.5 Å². The molecule has 5 heteroatoms. The van der Waals surface area contributed by atoms with E-state index in [9.17, 15) is 0 Å². The highest BCUT2D eigenvalue weighted by Crippen LogP contribution is 2.27. The van der Waals surface area contributed by atoms with E-state index < -0.39 is 0 Å². The lowest BCUT2D eigenvalue weighted by Crippen LogP contribution is -2.03. The van der Waals surface area contributed by atoms with Crippen LogP contribution in [0.2, 0.25) is 0 Å². The Morgan fingerprint density at radius 1 is 1.26 bits per heavy atom. The van der Waals surface area contributed by atoms with Crippen LogP contribution in [0.25, 0.3) is 0 Å². The summed E-state index contributed by atoms with van der Waals surface area (Å²) in [5.74, 6) is 1.09. The third-order valence-corrected chi connectivity index (χ3v) is 3.32. The first kappa shape index (κ1) is 13.8. The minimum absolute atomic E-state index is 0.392. The monoisotopic (exact) mass is 275 g/mol. The van der Waals surface area contributed by atoms with Crippen molar-refractivity contribution in [1.29, 1.82) is 0 Å². The summed E-state index contributed by atoms with van der Waals surface area (Å²) in [6.45, 7) is 5.04. The van der Waals surface area contributed by atoms with E-state index in [0.29, 0.717) is 24.9 Å². The highest BCUT2D eigenvalue weighted by atomic mass is 32.2. The molecule has 0 spiro atoms. The van der Waals surface area contributed by atoms with Gasteiger partial charge in [-0.15, -0.1) is 0 Å². The predicted octanol–water partition coefficient (Wildman–Crippen LogP) is 3.05. The molecule has 0 fully saturated rings. The maximum absolute atomic E-state index is 5.79. The number of nitrogen functional groups attached to an aromatic ring is 1. The number of aromatic nitrogens is 2. The van der Waals surface area contributed by atoms with Gasteiger partial charge in [-0.25, -0.2) is 9.97 Å². The maximum atomic E-state index is 5.79. The molecule has 0 aliphatic carbocycles. The van der Waals surface area contributed by atoms with Gasteiger partial charge in [0.15, 0.2) is 5.82 Å². The highest BCUT2D eigenvalue weighted by molar-refractivity contribution is 7.99. The van der Waals surface area contributed by atoms with Crippen LogP contribution in [0.3, 0.4) is 0 Å². The Bertz CT molecular complexity index is 560. The van der Waals surface area contributed by atoms with Gasteiger partial charge in [0.05, 0.1) is 0 Å². The summed E-state index contributed by atoms with van der Waals surface area (Å²) < 4.78 is 5.31. The normalized spacial score (nSPS) is 10.6. The molecule has 100 valence electrons. The van der Waals surface area contributed by atoms with Gasteiger partial charge in [0, 0.05) is 17.6 Å². The molecule has 0 radical (unpaired) electrons. The molecule has 2 N–H and O–H groups in total. The lowest BCUT2D eigenvalue weighted by molar-refractivity contribution is 0.128. The Kier molecular flexibility index (Phi) is 4.76. The fourth-order valence-corrected chi connectivity index (χ4v) is 2.57. The lowest BCUT2D eigenvalue weighted by Gasteiger charge is -2.06. The first-order valence-electron chi connectivity index (χ1n) is 6.13. The average molecular weight is 275 g/mol. The quantitative estimate of drug-likeness (QED) is 0.850. The second kappa shape index (κ2) is 6.54. The SMILES string of the molecule is CCOCc1nc(N)cc(Sc2cccc(C)c2)n1. The minimum Gasteiger partial charge on any atom is -0.384 e. The number of ether oxygens (including phenoxy) is 1. The standard InChI is InChI=1S/C14H17N3OS/c1-3-18-9-13-16-12(15)8-14(17-13)19-11-6-4-5-10(2)7-11/h4-8H,3,9H2,1-2H3,(H2,15,16,17). The van der Waals surface area contributed by atoms with Crippen molar-refractivity contribution in [3.8, 4) is 0 Å². The van der Waals surface area contributed by atoms with Crippen molar-refractivity contribution < 1.29 is 4.74 Å². The molecule has 0 atom stereocenters. The van der Waals surface area contributed by atoms with Crippen molar-refractivity contribution >= 4 is 17.6 Å². The van der Waals surface area contributed by atoms with Crippen LogP contribution in [0, 0.1) is 6.92 Å². The second-order valence-corrected chi connectivity index (χ2v) is 5.20. The summed E-state index contributed by atoms with van der Waals surface area (Å²) in [5, 5.41) is 0.841. The maximum Gasteiger partial charge on any atom is 0.157 e. The molecule has 4 nitrogen and oxygen atoms in total. The zero-order chi connectivity index (χ0) is 13.7. The molecule has 0 bridgehead atoms. The van der Waals surface area contributed by atoms with Gasteiger partial charge in [-0.3, -0.25) is 0 Å². The van der Waals surface area contributed by atoms with Crippen molar-refractivity contribution in [2.75, 3.05) is 12.3 Å². The van der Waals surface area contributed by atoms with Crippen molar-refractivity contribution in [2.24, 2.45) is 0 Å². The molecule has 2 aromatic rings. The molecule has 1 heterocycles. The first-order chi connectivity index (χ1) is 9.17. The van der Waals surface area contributed by atoms with Gasteiger partial charge in [0.25, 0.3) is 0 Å². The average Bonchev–Trinajstić information content (AvgIpc) is 2.35. The molecule has 0 saturated carbocycles. The molecule has 0 aliphatic heterocycles. The zero-order valence-electron chi connectivity index (χ0n) is 11.1. The van der Waals surface area contributed by atoms with Crippen molar-refractivity contribution in [3.05, 3.63) is 41.7 Å². The summed E-state index contributed by atoms with van der Waals surface area (Å²) in [6, 6.07) is 10.0. The smallest absolute Gasteiger partial charge is 0.157 e. The lowest BCUT2D eigenvalue weighted by atomic mass is 10.2. The molecule has 0 unspecified atom stereocenters. The zero-order valence-corrected chi connectivity index (χ0v) is 11.9. The van der Waals surface area contributed by atoms with E-state index in [1.54, 1.807) is 17.8 Å². The van der Waals surface area contributed by atoms with Crippen LogP contribution in [0.5, 0.6) is 0 Å². The van der Waals surface area contributed by atoms with Crippen molar-refractivity contribution in [1.82, 2.24) is 9.97 Å². The van der Waals surface area contributed by atoms with Gasteiger partial charge in [0.1, 0.15) is 17.5 Å². The van der Waals surface area contributed by atoms with E-state index >= 15 is 0 Å². The first-order valence-corrected chi connectivity index (χ1v) is 6.94. The van der Waals surface area contributed by atoms with Gasteiger partial charge < -0.3 is 10.5 Å². The Labute approximate surface area is 117 Å². The molecule has 0 saturated heterocycles. The largest absolute Gasteiger partial charge is 0.384 e. The predicted molar refractivity (Wildman–Crippen MR) is 77.1 cm³/mol. The fraction of sp³-hybridized carbons (Fsp3) is 0.286. The number of hydrogen-bond acceptors (Lipinski definition) is 5. The molecule has 0 amide bonds. The summed E-state index contributed by atoms with van der Waals surface area (Å²) in [6.07, 6.45) is 0. The van der Waals surface area contributed by atoms with Gasteiger partial charge in [-0.05, 0) is 26.0 Å². The number of aryl methyl sites for hydroxylation is 1. The van der Waals surface area contributed by atoms with Crippen LogP contribution in [0.4, 0.5) is 5.82 Å². The Morgan fingerprint density at radius 3 is 2.84 bits per heavy atom. The number of hydrogen-bond donors (Lipinski definition) is 1. The summed E-state index contributed by atoms with van der Waals surface area (Å²) in [4.78, 5) is 9.74. The van der Waals surface area contributed by atoms with Gasteiger partial charge >= 0.3 is 0 Å². The van der Waals surface area contributed by atoms with E-state index in [-0.39, 0.29) is 0 Å². The van der Waals surface area contributed by atoms with E-state index in [1.807, 2.05) is 13.0 Å². The topological polar surface area (TPSA) is 61.0 Å². The van der Waals surface area contributed by atoms with Crippen LogP contribution in [0.1, 0.15) is 18.3 Å². The Hall–Kier alpha value is -1.59. The number of rotatable bonds is 5. The van der Waals surface area contributed by atoms with Gasteiger partial charge in [-0.2, -0.15) is 0 Å². The second-order valence-electron chi connectivity index (χ2n) is 4.10. The molecule has 19 heavy (non-hydrogen) atoms. The Balaban J connectivity index is 2.17. The fourth-order valence-electron chi connectivity index (χ4n) is 1.60. The number of nitrogens with two attached hydrogens (primary N) is 1. The third-order valence-electron chi connectivity index (χ3n) is 2.42. The number of anilines is 1. The molecule has 1 aromatic carbocycles. The van der Waals surface area contributed by atoms with Crippen LogP contribution in [-0.4, -0.2) is 16.6 Å². The summed E-state index contributed by atoms with van der Waals surface area (Å²) in [7, 11) is 0. The molecular weight excluding hydrogens is 258 g/mol.